The molecule has 4 heteroatoms. The lowest BCUT2D eigenvalue weighted by atomic mass is 10.1. The van der Waals surface area contributed by atoms with Gasteiger partial charge in [-0.05, 0) is 31.4 Å². The van der Waals surface area contributed by atoms with Gasteiger partial charge in [0.15, 0.2) is 6.20 Å². The normalized spacial score (nSPS) is 10.1. The largest absolute Gasteiger partial charge is 1.00 e. The molecule has 0 aliphatic carbocycles. The van der Waals surface area contributed by atoms with Gasteiger partial charge in [-0.2, -0.15) is 4.57 Å². The number of unbranched alkanes of at least 4 members (excludes halogenated alkanes) is 9. The summed E-state index contributed by atoms with van der Waals surface area (Å²) < 4.78 is 2.05. The van der Waals surface area contributed by atoms with E-state index in [1.54, 1.807) is 6.92 Å². The first-order chi connectivity index (χ1) is 11.7. The first-order valence-corrected chi connectivity index (χ1v) is 9.29. The van der Waals surface area contributed by atoms with Crippen LogP contribution in [0, 0.1) is 0 Å². The van der Waals surface area contributed by atoms with Crippen molar-refractivity contribution in [3.8, 4) is 0 Å². The minimum absolute atomic E-state index is 0. The van der Waals surface area contributed by atoms with Gasteiger partial charge in [0.05, 0.1) is 0 Å². The van der Waals surface area contributed by atoms with Crippen LogP contribution in [0.1, 0.15) is 81.6 Å². The SMILES string of the molecule is C=C(C)C(=O)c1cccc[n+]1CCCCCCCCCCCC=O.[Br-]. The first-order valence-electron chi connectivity index (χ1n) is 9.29. The Hall–Kier alpha value is -1.29. The monoisotopic (exact) mass is 409 g/mol. The lowest BCUT2D eigenvalue weighted by Crippen LogP contribution is -3.00. The predicted molar refractivity (Wildman–Crippen MR) is 98.0 cm³/mol. The van der Waals surface area contributed by atoms with E-state index in [2.05, 4.69) is 6.58 Å². The van der Waals surface area contributed by atoms with Crippen molar-refractivity contribution in [3.05, 3.63) is 42.2 Å². The van der Waals surface area contributed by atoms with E-state index >= 15 is 0 Å². The second kappa shape index (κ2) is 15.0. The number of pyridine rings is 1. The number of nitrogens with zero attached hydrogens (tertiary/aromatic N) is 1. The molecule has 0 aliphatic heterocycles. The van der Waals surface area contributed by atoms with Gasteiger partial charge in [-0.15, -0.1) is 0 Å². The molecule has 1 rings (SSSR count). The third kappa shape index (κ3) is 10.3. The fraction of sp³-hybridized carbons (Fsp3) is 0.571. The van der Waals surface area contributed by atoms with Crippen molar-refractivity contribution in [1.82, 2.24) is 0 Å². The van der Waals surface area contributed by atoms with Crippen LogP contribution in [0.5, 0.6) is 0 Å². The molecule has 0 fully saturated rings. The van der Waals surface area contributed by atoms with Crippen molar-refractivity contribution in [3.63, 3.8) is 0 Å². The summed E-state index contributed by atoms with van der Waals surface area (Å²) in [6.45, 7) is 6.41. The number of halogens is 1. The quantitative estimate of drug-likeness (QED) is 0.154. The second-order valence-corrected chi connectivity index (χ2v) is 6.53. The molecule has 3 nitrogen and oxygen atoms in total. The molecular weight excluding hydrogens is 378 g/mol. The molecule has 0 bridgehead atoms. The number of Topliss-reactive ketones (excluding diaryl/α,β-unsaturated/α-hetero) is 1. The number of hydrogen-bond donors (Lipinski definition) is 0. The number of rotatable bonds is 14. The second-order valence-electron chi connectivity index (χ2n) is 6.53. The maximum Gasteiger partial charge on any atom is 0.253 e. The Bertz CT molecular complexity index is 528. The fourth-order valence-electron chi connectivity index (χ4n) is 2.84. The van der Waals surface area contributed by atoms with E-state index in [0.29, 0.717) is 12.0 Å². The molecule has 0 saturated carbocycles. The zero-order valence-corrected chi connectivity index (χ0v) is 17.1. The average Bonchev–Trinajstić information content (AvgIpc) is 2.59. The third-order valence-corrected chi connectivity index (χ3v) is 4.28. The predicted octanol–water partition coefficient (Wildman–Crippen LogP) is 1.84. The van der Waals surface area contributed by atoms with Gasteiger partial charge in [0.25, 0.3) is 11.5 Å². The average molecular weight is 410 g/mol. The Morgan fingerprint density at radius 2 is 1.56 bits per heavy atom. The van der Waals surface area contributed by atoms with Crippen LogP contribution in [0.4, 0.5) is 0 Å². The fourth-order valence-corrected chi connectivity index (χ4v) is 2.84. The molecule has 140 valence electrons. The molecule has 0 saturated heterocycles. The van der Waals surface area contributed by atoms with Crippen LogP contribution in [0.3, 0.4) is 0 Å². The maximum atomic E-state index is 12.1. The smallest absolute Gasteiger partial charge is 0.253 e. The lowest BCUT2D eigenvalue weighted by molar-refractivity contribution is -0.699. The van der Waals surface area contributed by atoms with E-state index in [9.17, 15) is 9.59 Å². The maximum absolute atomic E-state index is 12.1. The van der Waals surface area contributed by atoms with E-state index < -0.39 is 0 Å². The summed E-state index contributed by atoms with van der Waals surface area (Å²) in [6.07, 6.45) is 14.6. The van der Waals surface area contributed by atoms with Gasteiger partial charge in [-0.1, -0.05) is 45.1 Å². The molecule has 1 heterocycles. The number of aromatic nitrogens is 1. The summed E-state index contributed by atoms with van der Waals surface area (Å²) in [5.41, 5.74) is 1.32. The van der Waals surface area contributed by atoms with Gasteiger partial charge in [-0.3, -0.25) is 4.79 Å². The van der Waals surface area contributed by atoms with E-state index in [0.717, 1.165) is 31.4 Å². The van der Waals surface area contributed by atoms with Gasteiger partial charge in [0.1, 0.15) is 12.8 Å². The van der Waals surface area contributed by atoms with E-state index in [4.69, 9.17) is 0 Å². The molecule has 0 unspecified atom stereocenters. The minimum atomic E-state index is 0. The Morgan fingerprint density at radius 1 is 1.00 bits per heavy atom. The molecule has 0 aromatic carbocycles. The van der Waals surface area contributed by atoms with Crippen molar-refractivity contribution >= 4 is 12.1 Å². The highest BCUT2D eigenvalue weighted by Crippen LogP contribution is 2.10. The molecule has 25 heavy (non-hydrogen) atoms. The highest BCUT2D eigenvalue weighted by atomic mass is 79.9. The standard InChI is InChI=1S/C21H32NO2.BrH/c1-19(2)21(24)20-15-11-13-17-22(20)16-12-9-7-5-3-4-6-8-10-14-18-23;/h11,13,15,17-18H,1,3-10,12,14,16H2,2H3;1H/q+1;/p-1. The number of hydrogen-bond acceptors (Lipinski definition) is 2. The molecule has 0 aliphatic rings. The van der Waals surface area contributed by atoms with Gasteiger partial charge in [0.2, 0.25) is 0 Å². The zero-order valence-electron chi connectivity index (χ0n) is 15.5. The Kier molecular flexibility index (Phi) is 14.2. The van der Waals surface area contributed by atoms with Gasteiger partial charge >= 0.3 is 0 Å². The minimum Gasteiger partial charge on any atom is -1.00 e. The molecule has 0 radical (unpaired) electrons. The van der Waals surface area contributed by atoms with Crippen LogP contribution in [0.15, 0.2) is 36.5 Å². The van der Waals surface area contributed by atoms with Gasteiger partial charge in [0, 0.05) is 25.0 Å². The van der Waals surface area contributed by atoms with Crippen molar-refractivity contribution < 1.29 is 31.1 Å². The summed E-state index contributed by atoms with van der Waals surface area (Å²) in [4.78, 5) is 22.3. The van der Waals surface area contributed by atoms with Crippen LogP contribution in [-0.2, 0) is 11.3 Å². The summed E-state index contributed by atoms with van der Waals surface area (Å²) in [6, 6.07) is 5.75. The van der Waals surface area contributed by atoms with Crippen molar-refractivity contribution in [1.29, 1.82) is 0 Å². The Balaban J connectivity index is 0.00000576. The molecular formula is C21H32BrNO2. The summed E-state index contributed by atoms with van der Waals surface area (Å²) in [5, 5.41) is 0. The molecule has 0 atom stereocenters. The topological polar surface area (TPSA) is 38.0 Å². The molecule has 0 amide bonds. The number of aldehydes is 1. The van der Waals surface area contributed by atoms with Crippen LogP contribution in [0.2, 0.25) is 0 Å². The summed E-state index contributed by atoms with van der Waals surface area (Å²) in [5.74, 6) is 0.0326. The highest BCUT2D eigenvalue weighted by molar-refractivity contribution is 6.05. The molecule has 1 aromatic rings. The Morgan fingerprint density at radius 3 is 2.12 bits per heavy atom. The Labute approximate surface area is 163 Å². The van der Waals surface area contributed by atoms with E-state index in [1.165, 1.54) is 44.9 Å². The number of aryl methyl sites for hydroxylation is 1. The summed E-state index contributed by atoms with van der Waals surface area (Å²) >= 11 is 0. The lowest BCUT2D eigenvalue weighted by Gasteiger charge is -2.04. The van der Waals surface area contributed by atoms with E-state index in [-0.39, 0.29) is 22.8 Å². The number of carbonyl (C=O) groups is 2. The molecule has 0 spiro atoms. The van der Waals surface area contributed by atoms with E-state index in [1.807, 2.05) is 29.0 Å². The van der Waals surface area contributed by atoms with Crippen LogP contribution < -0.4 is 21.5 Å². The van der Waals surface area contributed by atoms with Gasteiger partial charge < -0.3 is 21.8 Å². The van der Waals surface area contributed by atoms with Crippen LogP contribution >= 0.6 is 0 Å². The van der Waals surface area contributed by atoms with Crippen molar-refractivity contribution in [2.45, 2.75) is 77.7 Å². The van der Waals surface area contributed by atoms with Crippen molar-refractivity contribution in [2.24, 2.45) is 0 Å². The molecule has 1 aromatic heterocycles. The van der Waals surface area contributed by atoms with Crippen LogP contribution in [0.25, 0.3) is 0 Å². The van der Waals surface area contributed by atoms with Crippen molar-refractivity contribution in [2.75, 3.05) is 0 Å². The zero-order chi connectivity index (χ0) is 17.6. The number of allylic oxidation sites excluding steroid dienone is 1. The number of ketones is 1. The number of carbonyl (C=O) groups excluding carboxylic acids is 2. The first kappa shape index (κ1) is 23.7. The summed E-state index contributed by atoms with van der Waals surface area (Å²) in [7, 11) is 0. The van der Waals surface area contributed by atoms with Crippen LogP contribution in [-0.4, -0.2) is 12.1 Å². The third-order valence-electron chi connectivity index (χ3n) is 4.28. The van der Waals surface area contributed by atoms with Gasteiger partial charge in [-0.25, -0.2) is 0 Å². The molecule has 0 N–H and O–H groups in total. The highest BCUT2D eigenvalue weighted by Gasteiger charge is 2.18.